The van der Waals surface area contributed by atoms with Gasteiger partial charge in [-0.05, 0) is 12.8 Å². The summed E-state index contributed by atoms with van der Waals surface area (Å²) in [5, 5.41) is 26.7. The van der Waals surface area contributed by atoms with Crippen molar-refractivity contribution in [1.29, 1.82) is 0 Å². The van der Waals surface area contributed by atoms with Gasteiger partial charge in [0, 0.05) is 5.97 Å². The van der Waals surface area contributed by atoms with E-state index in [4.69, 9.17) is 10.2 Å². The Morgan fingerprint density at radius 1 is 0.541 bits per heavy atom. The van der Waals surface area contributed by atoms with Gasteiger partial charge in [-0.3, -0.25) is 0 Å². The quantitative estimate of drug-likeness (QED) is 0.125. The van der Waals surface area contributed by atoms with Gasteiger partial charge in [-0.25, -0.2) is 0 Å². The molecule has 0 aromatic carbocycles. The van der Waals surface area contributed by atoms with Gasteiger partial charge in [0.2, 0.25) is 0 Å². The summed E-state index contributed by atoms with van der Waals surface area (Å²) in [6.07, 6.45) is 25.7. The maximum atomic E-state index is 10.3. The molecule has 37 heavy (non-hydrogen) atoms. The van der Waals surface area contributed by atoms with E-state index in [1.165, 1.54) is 119 Å². The number of carbonyl (C=O) groups is 1. The van der Waals surface area contributed by atoms with E-state index in [0.717, 1.165) is 25.9 Å². The molecule has 0 saturated carbocycles. The fourth-order valence-corrected chi connectivity index (χ4v) is 3.79. The van der Waals surface area contributed by atoms with Crippen LogP contribution in [0.2, 0.25) is 0 Å². The number of hydrogen-bond acceptors (Lipinski definition) is 4. The smallest absolute Gasteiger partial charge is 0.100 e. The first-order chi connectivity index (χ1) is 17.3. The van der Waals surface area contributed by atoms with E-state index in [1.807, 2.05) is 28.2 Å². The number of aliphatic hydroxyl groups is 2. The lowest BCUT2D eigenvalue weighted by molar-refractivity contribution is -0.858. The maximum absolute atomic E-state index is 10.3. The molecule has 0 aliphatic rings. The molecule has 0 aliphatic heterocycles. The van der Waals surface area contributed by atoms with Crippen LogP contribution in [-0.2, 0) is 4.79 Å². The van der Waals surface area contributed by atoms with E-state index in [0.29, 0.717) is 13.2 Å². The highest BCUT2D eigenvalue weighted by Gasteiger charge is 1.95. The van der Waals surface area contributed by atoms with E-state index >= 15 is 0 Å². The Hall–Kier alpha value is -0.400. The molecule has 0 radical (unpaired) electrons. The summed E-state index contributed by atoms with van der Waals surface area (Å²) in [5.74, 6) is -0.901. The van der Waals surface area contributed by atoms with Crippen LogP contribution in [0.4, 0.5) is 0 Å². The van der Waals surface area contributed by atoms with Gasteiger partial charge in [0.05, 0.1) is 41.4 Å². The molecule has 0 heterocycles. The molecule has 0 saturated heterocycles. The Kier molecular flexibility index (Phi) is 47.3. The van der Waals surface area contributed by atoms with Gasteiger partial charge in [0.25, 0.3) is 0 Å². The van der Waals surface area contributed by atoms with Crippen LogP contribution < -0.4 is 27.3 Å². The zero-order chi connectivity index (χ0) is 27.7. The molecule has 0 amide bonds. The summed E-state index contributed by atoms with van der Waals surface area (Å²) in [7, 11) is 8.04. The van der Waals surface area contributed by atoms with Crippen LogP contribution in [0.5, 0.6) is 0 Å². The summed E-state index contributed by atoms with van der Waals surface area (Å²) in [6.45, 7) is 4.56. The number of hydrogen-bond donors (Lipinski definition) is 4. The number of halogens is 1. The number of unbranched alkanes of at least 4 members (excludes halogenated alkanes) is 18. The second-order valence-corrected chi connectivity index (χ2v) is 10.8. The molecular weight excluding hydrogens is 488 g/mol. The third kappa shape index (κ3) is 56.8. The van der Waals surface area contributed by atoms with E-state index in [9.17, 15) is 9.90 Å². The minimum atomic E-state index is -0.901. The Labute approximate surface area is 238 Å². The lowest BCUT2D eigenvalue weighted by Crippen LogP contribution is -3.06. The third-order valence-electron chi connectivity index (χ3n) is 6.21. The molecule has 4 N–H and O–H groups in total. The van der Waals surface area contributed by atoms with Crippen molar-refractivity contribution in [2.75, 3.05) is 54.5 Å². The van der Waals surface area contributed by atoms with Crippen LogP contribution in [0, 0.1) is 0 Å². The lowest BCUT2D eigenvalue weighted by atomic mass is 10.0. The van der Waals surface area contributed by atoms with E-state index in [2.05, 4.69) is 6.92 Å². The summed E-state index contributed by atoms with van der Waals surface area (Å²) in [4.78, 5) is 12.8. The summed E-state index contributed by atoms with van der Waals surface area (Å²) in [5.41, 5.74) is 0. The average molecular weight is 555 g/mol. The Balaban J connectivity index is -0.000000345. The molecule has 0 unspecified atom stereocenters. The number of carboxylic acid groups (broad SMARTS) is 1. The van der Waals surface area contributed by atoms with Crippen molar-refractivity contribution in [1.82, 2.24) is 0 Å². The van der Waals surface area contributed by atoms with Crippen LogP contribution in [0.3, 0.4) is 0 Å². The SMILES string of the molecule is CCCCCCCCCCCCCCCCCCCCCC(=O)[O-].C[NH+](C)CCO.C[NH+](C)CCO.[Cl-]. The largest absolute Gasteiger partial charge is 1.00 e. The number of rotatable bonds is 24. The second kappa shape index (κ2) is 40.1. The van der Waals surface area contributed by atoms with E-state index in [1.54, 1.807) is 0 Å². The van der Waals surface area contributed by atoms with Crippen molar-refractivity contribution in [3.8, 4) is 0 Å². The third-order valence-corrected chi connectivity index (χ3v) is 6.21. The first-order valence-electron chi connectivity index (χ1n) is 15.3. The zero-order valence-corrected chi connectivity index (χ0v) is 26.3. The molecule has 0 aromatic heterocycles. The lowest BCUT2D eigenvalue weighted by Gasteiger charge is -2.04. The van der Waals surface area contributed by atoms with Crippen molar-refractivity contribution >= 4 is 5.97 Å². The van der Waals surface area contributed by atoms with Crippen molar-refractivity contribution in [3.63, 3.8) is 0 Å². The van der Waals surface area contributed by atoms with Crippen LogP contribution in [0.1, 0.15) is 135 Å². The van der Waals surface area contributed by atoms with Crippen molar-refractivity contribution in [2.45, 2.75) is 135 Å². The Bertz CT molecular complexity index is 390. The molecule has 228 valence electrons. The molecule has 0 rings (SSSR count). The van der Waals surface area contributed by atoms with Gasteiger partial charge in [0.15, 0.2) is 0 Å². The van der Waals surface area contributed by atoms with Crippen molar-refractivity contribution in [3.05, 3.63) is 0 Å². The van der Waals surface area contributed by atoms with Crippen LogP contribution in [0.25, 0.3) is 0 Å². The normalized spacial score (nSPS) is 10.4. The molecule has 0 aliphatic carbocycles. The monoisotopic (exact) mass is 554 g/mol. The Morgan fingerprint density at radius 2 is 0.784 bits per heavy atom. The zero-order valence-electron chi connectivity index (χ0n) is 25.6. The highest BCUT2D eigenvalue weighted by molar-refractivity contribution is 5.63. The predicted octanol–water partition coefficient (Wildman–Crippen LogP) is -0.191. The summed E-state index contributed by atoms with van der Waals surface area (Å²) < 4.78 is 0. The standard InChI is InChI=1S/C22H44O2.2C4H11NO.ClH/c1-2-3-4-5-6-7-8-9-10-11-12-13-14-15-16-17-18-19-20-21-22(23)24;2*1-5(2)3-4-6;/h2-21H2,1H3,(H,23,24);2*6H,3-4H2,1-2H3;1H. The minimum absolute atomic E-state index is 0. The first-order valence-corrected chi connectivity index (χ1v) is 15.3. The molecule has 0 fully saturated rings. The van der Waals surface area contributed by atoms with Crippen LogP contribution >= 0.6 is 0 Å². The van der Waals surface area contributed by atoms with Gasteiger partial charge >= 0.3 is 0 Å². The number of likely N-dealkylation sites (N-methyl/N-ethyl adjacent to an activating group) is 2. The van der Waals surface area contributed by atoms with E-state index < -0.39 is 5.97 Å². The highest BCUT2D eigenvalue weighted by atomic mass is 35.5. The van der Waals surface area contributed by atoms with Crippen molar-refractivity contribution < 1.29 is 42.3 Å². The predicted molar refractivity (Wildman–Crippen MR) is 153 cm³/mol. The molecular formula is C30H67ClN2O4. The number of carbonyl (C=O) groups excluding carboxylic acids is 1. The first kappa shape index (κ1) is 43.6. The minimum Gasteiger partial charge on any atom is -1.00 e. The number of aliphatic hydroxyl groups excluding tert-OH is 2. The van der Waals surface area contributed by atoms with E-state index in [-0.39, 0.29) is 18.8 Å². The van der Waals surface area contributed by atoms with Gasteiger partial charge in [0.1, 0.15) is 13.1 Å². The molecule has 0 bridgehead atoms. The number of quaternary nitrogens is 2. The van der Waals surface area contributed by atoms with Crippen LogP contribution in [-0.4, -0.2) is 70.7 Å². The van der Waals surface area contributed by atoms with Gasteiger partial charge in [-0.15, -0.1) is 0 Å². The second-order valence-electron chi connectivity index (χ2n) is 10.8. The van der Waals surface area contributed by atoms with Gasteiger partial charge < -0.3 is 42.3 Å². The molecule has 0 spiro atoms. The number of aliphatic carboxylic acids is 1. The summed E-state index contributed by atoms with van der Waals surface area (Å²) in [6, 6.07) is 0. The molecule has 6 nitrogen and oxygen atoms in total. The summed E-state index contributed by atoms with van der Waals surface area (Å²) >= 11 is 0. The molecule has 0 atom stereocenters. The highest BCUT2D eigenvalue weighted by Crippen LogP contribution is 2.14. The number of carboxylic acids is 1. The topological polar surface area (TPSA) is 89.5 Å². The van der Waals surface area contributed by atoms with Gasteiger partial charge in [-0.2, -0.15) is 0 Å². The number of nitrogens with one attached hydrogen (secondary N) is 2. The fourth-order valence-electron chi connectivity index (χ4n) is 3.79. The Morgan fingerprint density at radius 3 is 0.946 bits per heavy atom. The molecule has 7 heteroatoms. The van der Waals surface area contributed by atoms with Crippen LogP contribution in [0.15, 0.2) is 0 Å². The average Bonchev–Trinajstić information content (AvgIpc) is 2.81. The maximum Gasteiger partial charge on any atom is 0.100 e. The van der Waals surface area contributed by atoms with Gasteiger partial charge in [-0.1, -0.05) is 122 Å². The fraction of sp³-hybridized carbons (Fsp3) is 0.967. The van der Waals surface area contributed by atoms with Crippen molar-refractivity contribution in [2.24, 2.45) is 0 Å². The molecule has 0 aromatic rings.